The summed E-state index contributed by atoms with van der Waals surface area (Å²) in [5.74, 6) is -2.09. The average molecular weight is 1610 g/mol. The lowest BCUT2D eigenvalue weighted by Crippen LogP contribution is -2.30. The first-order valence-electron chi connectivity index (χ1n) is 47.3. The zero-order chi connectivity index (χ0) is 80.3. The molecular weight excluding hydrogens is 1430 g/mol. The highest BCUT2D eigenvalue weighted by atomic mass is 31.2. The molecule has 0 amide bonds. The highest BCUT2D eigenvalue weighted by Gasteiger charge is 2.31. The molecule has 0 saturated carbocycles. The molecule has 0 fully saturated rings. The number of carbonyl (C=O) groups excluding carboxylic acids is 4. The number of carbonyl (C=O) groups is 4. The minimum Gasteiger partial charge on any atom is -0.462 e. The second-order valence-corrected chi connectivity index (χ2v) is 35.6. The number of aliphatic hydroxyl groups is 1. The van der Waals surface area contributed by atoms with Crippen molar-refractivity contribution >= 4 is 39.5 Å². The molecule has 654 valence electrons. The van der Waals surface area contributed by atoms with Gasteiger partial charge >= 0.3 is 39.5 Å². The monoisotopic (exact) mass is 1610 g/mol. The fraction of sp³-hybridized carbons (Fsp3) is 0.956. The van der Waals surface area contributed by atoms with Crippen LogP contribution in [0.1, 0.15) is 503 Å². The number of aliphatic hydroxyl groups excluding tert-OH is 1. The Hall–Kier alpha value is -1.94. The van der Waals surface area contributed by atoms with Crippen LogP contribution >= 0.6 is 15.6 Å². The quantitative estimate of drug-likeness (QED) is 0.0222. The zero-order valence-corrected chi connectivity index (χ0v) is 74.0. The molecule has 0 aliphatic rings. The molecule has 0 rings (SSSR count). The lowest BCUT2D eigenvalue weighted by molar-refractivity contribution is -0.161. The molecule has 19 heteroatoms. The van der Waals surface area contributed by atoms with Gasteiger partial charge in [-0.15, -0.1) is 0 Å². The Bertz CT molecular complexity index is 2070. The molecule has 17 nitrogen and oxygen atoms in total. The Morgan fingerprint density at radius 1 is 0.218 bits per heavy atom. The first kappa shape index (κ1) is 108. The molecule has 0 bridgehead atoms. The molecule has 0 aromatic rings. The molecule has 0 aromatic heterocycles. The number of phosphoric ester groups is 2. The second kappa shape index (κ2) is 85.0. The van der Waals surface area contributed by atoms with Gasteiger partial charge in [0.2, 0.25) is 0 Å². The van der Waals surface area contributed by atoms with Gasteiger partial charge in [0.25, 0.3) is 0 Å². The smallest absolute Gasteiger partial charge is 0.462 e. The minimum absolute atomic E-state index is 0.110. The summed E-state index contributed by atoms with van der Waals surface area (Å²) in [6.45, 7) is 5.09. The predicted molar refractivity (Wildman–Crippen MR) is 455 cm³/mol. The maximum absolute atomic E-state index is 13.2. The van der Waals surface area contributed by atoms with Crippen molar-refractivity contribution < 1.29 is 80.2 Å². The van der Waals surface area contributed by atoms with Crippen LogP contribution in [-0.2, 0) is 65.4 Å². The van der Waals surface area contributed by atoms with Crippen LogP contribution in [0.25, 0.3) is 0 Å². The zero-order valence-electron chi connectivity index (χ0n) is 72.3. The van der Waals surface area contributed by atoms with Crippen molar-refractivity contribution in [1.82, 2.24) is 0 Å². The van der Waals surface area contributed by atoms with Crippen LogP contribution in [0.5, 0.6) is 0 Å². The van der Waals surface area contributed by atoms with Gasteiger partial charge in [0.05, 0.1) is 26.4 Å². The Labute approximate surface area is 677 Å². The molecule has 5 atom stereocenters. The molecule has 0 aromatic carbocycles. The third kappa shape index (κ3) is 84.0. The lowest BCUT2D eigenvalue weighted by atomic mass is 10.0. The van der Waals surface area contributed by atoms with Gasteiger partial charge < -0.3 is 33.8 Å². The van der Waals surface area contributed by atoms with E-state index in [0.717, 1.165) is 89.9 Å². The van der Waals surface area contributed by atoms with Crippen LogP contribution in [-0.4, -0.2) is 96.7 Å². The van der Waals surface area contributed by atoms with Gasteiger partial charge in [-0.1, -0.05) is 451 Å². The average Bonchev–Trinajstić information content (AvgIpc) is 0.900. The van der Waals surface area contributed by atoms with E-state index in [4.69, 9.17) is 37.0 Å². The van der Waals surface area contributed by atoms with Gasteiger partial charge in [0.15, 0.2) is 12.2 Å². The third-order valence-corrected chi connectivity index (χ3v) is 23.5. The number of esters is 4. The number of rotatable bonds is 92. The molecular formula is C91H178O17P2. The Morgan fingerprint density at radius 3 is 0.536 bits per heavy atom. The molecule has 0 heterocycles. The predicted octanol–water partition coefficient (Wildman–Crippen LogP) is 28.5. The number of ether oxygens (including phenoxy) is 4. The van der Waals surface area contributed by atoms with E-state index in [1.165, 1.54) is 334 Å². The Morgan fingerprint density at radius 2 is 0.364 bits per heavy atom. The van der Waals surface area contributed by atoms with Crippen LogP contribution in [0, 0.1) is 0 Å². The third-order valence-electron chi connectivity index (χ3n) is 21.6. The summed E-state index contributed by atoms with van der Waals surface area (Å²) in [6, 6.07) is 0. The fourth-order valence-corrected chi connectivity index (χ4v) is 16.0. The molecule has 3 N–H and O–H groups in total. The van der Waals surface area contributed by atoms with Crippen molar-refractivity contribution in [3.8, 4) is 0 Å². The topological polar surface area (TPSA) is 237 Å². The van der Waals surface area contributed by atoms with E-state index in [9.17, 15) is 43.2 Å². The van der Waals surface area contributed by atoms with E-state index < -0.39 is 97.5 Å². The summed E-state index contributed by atoms with van der Waals surface area (Å²) in [7, 11) is -9.93. The molecule has 2 unspecified atom stereocenters. The SMILES string of the molecule is CCCCCCCCCCCCCCCCCCCCCCCC(=O)O[C@H](COC(=O)CCCCCCCCCCCCCCCCCCCCCC)COP(=O)(O)OC[C@@H](O)COP(=O)(O)OC[C@@H](COC(=O)CCCCCCCCCCCCC)OC(=O)CCCCCCCCCCCCCCCCCCCC. The van der Waals surface area contributed by atoms with E-state index in [2.05, 4.69) is 27.7 Å². The maximum Gasteiger partial charge on any atom is 0.472 e. The van der Waals surface area contributed by atoms with Crippen LogP contribution < -0.4 is 0 Å². The van der Waals surface area contributed by atoms with Gasteiger partial charge in [-0.2, -0.15) is 0 Å². The standard InChI is InChI=1S/C91H178O17P2/c1-5-9-13-17-21-25-29-32-35-38-41-43-45-48-51-54-58-62-66-70-74-78-91(96)108-87(82-102-89(94)76-72-68-64-60-56-52-49-47-44-42-39-36-33-30-26-22-18-14-10-6-2)84-106-110(99,100)104-80-85(92)79-103-109(97,98)105-83-86(81-101-88(93)75-71-67-63-59-55-28-24-20-16-12-8-4)107-90(95)77-73-69-65-61-57-53-50-46-40-37-34-31-27-23-19-15-11-7-3/h85-87,92H,5-84H2,1-4H3,(H,97,98)(H,99,100)/t85-,86+,87+/m0/s1. The summed E-state index contributed by atoms with van der Waals surface area (Å²) in [6.07, 6.45) is 82.0. The number of hydrogen-bond donors (Lipinski definition) is 3. The van der Waals surface area contributed by atoms with Gasteiger partial charge in [0, 0.05) is 25.7 Å². The van der Waals surface area contributed by atoms with E-state index in [1.54, 1.807) is 0 Å². The van der Waals surface area contributed by atoms with Crippen molar-refractivity contribution in [3.63, 3.8) is 0 Å². The van der Waals surface area contributed by atoms with Crippen LogP contribution in [0.15, 0.2) is 0 Å². The first-order valence-corrected chi connectivity index (χ1v) is 50.3. The van der Waals surface area contributed by atoms with Crippen molar-refractivity contribution in [2.45, 2.75) is 521 Å². The van der Waals surface area contributed by atoms with E-state index in [1.807, 2.05) is 0 Å². The highest BCUT2D eigenvalue weighted by Crippen LogP contribution is 2.45. The molecule has 0 saturated heterocycles. The maximum atomic E-state index is 13.2. The summed E-state index contributed by atoms with van der Waals surface area (Å²) in [5, 5.41) is 10.7. The number of phosphoric acid groups is 2. The largest absolute Gasteiger partial charge is 0.472 e. The Balaban J connectivity index is 5.23. The lowest BCUT2D eigenvalue weighted by Gasteiger charge is -2.21. The van der Waals surface area contributed by atoms with Gasteiger partial charge in [-0.3, -0.25) is 37.3 Å². The normalized spacial score (nSPS) is 13.6. The highest BCUT2D eigenvalue weighted by molar-refractivity contribution is 7.47. The van der Waals surface area contributed by atoms with Crippen molar-refractivity contribution in [2.24, 2.45) is 0 Å². The second-order valence-electron chi connectivity index (χ2n) is 32.7. The summed E-state index contributed by atoms with van der Waals surface area (Å²) < 4.78 is 69.1. The minimum atomic E-state index is -4.97. The number of hydrogen-bond acceptors (Lipinski definition) is 15. The fourth-order valence-electron chi connectivity index (χ4n) is 14.4. The van der Waals surface area contributed by atoms with E-state index in [-0.39, 0.29) is 25.7 Å². The molecule has 0 radical (unpaired) electrons. The van der Waals surface area contributed by atoms with E-state index in [0.29, 0.717) is 25.7 Å². The molecule has 0 aliphatic heterocycles. The molecule has 0 spiro atoms. The van der Waals surface area contributed by atoms with Crippen molar-refractivity contribution in [1.29, 1.82) is 0 Å². The summed E-state index contributed by atoms with van der Waals surface area (Å²) in [5.41, 5.74) is 0. The summed E-state index contributed by atoms with van der Waals surface area (Å²) >= 11 is 0. The number of unbranched alkanes of at least 4 members (excludes halogenated alkanes) is 66. The van der Waals surface area contributed by atoms with Gasteiger partial charge in [-0.25, -0.2) is 9.13 Å². The molecule has 0 aliphatic carbocycles. The van der Waals surface area contributed by atoms with Gasteiger partial charge in [0.1, 0.15) is 19.3 Å². The first-order chi connectivity index (χ1) is 53.7. The van der Waals surface area contributed by atoms with Crippen LogP contribution in [0.3, 0.4) is 0 Å². The van der Waals surface area contributed by atoms with Gasteiger partial charge in [-0.05, 0) is 25.7 Å². The molecule has 110 heavy (non-hydrogen) atoms. The van der Waals surface area contributed by atoms with Crippen molar-refractivity contribution in [2.75, 3.05) is 39.6 Å². The summed E-state index contributed by atoms with van der Waals surface area (Å²) in [4.78, 5) is 73.4. The van der Waals surface area contributed by atoms with Crippen LogP contribution in [0.4, 0.5) is 0 Å². The van der Waals surface area contributed by atoms with E-state index >= 15 is 0 Å². The van der Waals surface area contributed by atoms with Crippen molar-refractivity contribution in [3.05, 3.63) is 0 Å². The van der Waals surface area contributed by atoms with Crippen LogP contribution in [0.2, 0.25) is 0 Å². The Kier molecular flexibility index (Phi) is 83.5.